The number of hydrogen-bond acceptors (Lipinski definition) is 0. The zero-order valence-electron chi connectivity index (χ0n) is 8.19. The second-order valence-electron chi connectivity index (χ2n) is 3.32. The molecular weight excluding hydrogens is 227 g/mol. The minimum atomic E-state index is -5.51. The van der Waals surface area contributed by atoms with E-state index in [1.165, 1.54) is 30.3 Å². The third-order valence-corrected chi connectivity index (χ3v) is 2.06. The van der Waals surface area contributed by atoms with Gasteiger partial charge in [0.15, 0.2) is 0 Å². The normalized spacial score (nSPS) is 12.6. The first-order valence-electron chi connectivity index (χ1n) is 4.42. The number of alkyl halides is 5. The molecule has 0 bridgehead atoms. The summed E-state index contributed by atoms with van der Waals surface area (Å²) in [6, 6.07) is 5.34. The topological polar surface area (TPSA) is 0 Å². The van der Waals surface area contributed by atoms with E-state index in [1.807, 2.05) is 0 Å². The Morgan fingerprint density at radius 2 is 1.50 bits per heavy atom. The van der Waals surface area contributed by atoms with Crippen molar-refractivity contribution in [3.8, 4) is 0 Å². The molecule has 1 aromatic rings. The second-order valence-corrected chi connectivity index (χ2v) is 3.32. The molecule has 5 heteroatoms. The zero-order chi connectivity index (χ0) is 12.4. The second kappa shape index (κ2) is 4.23. The van der Waals surface area contributed by atoms with Crippen molar-refractivity contribution >= 4 is 6.08 Å². The highest BCUT2D eigenvalue weighted by atomic mass is 19.4. The molecule has 0 aliphatic rings. The molecule has 88 valence electrons. The van der Waals surface area contributed by atoms with Crippen molar-refractivity contribution in [3.63, 3.8) is 0 Å². The third-order valence-electron chi connectivity index (χ3n) is 2.06. The molecule has 0 radical (unpaired) electrons. The summed E-state index contributed by atoms with van der Waals surface area (Å²) in [4.78, 5) is 0. The summed E-state index contributed by atoms with van der Waals surface area (Å²) >= 11 is 0. The van der Waals surface area contributed by atoms with E-state index in [0.717, 1.165) is 0 Å². The van der Waals surface area contributed by atoms with Gasteiger partial charge in [0.05, 0.1) is 0 Å². The largest absolute Gasteiger partial charge is 0.453 e. The Labute approximate surface area is 89.4 Å². The predicted molar refractivity (Wildman–Crippen MR) is 51.2 cm³/mol. The van der Waals surface area contributed by atoms with Crippen LogP contribution < -0.4 is 0 Å². The van der Waals surface area contributed by atoms with E-state index in [9.17, 15) is 22.0 Å². The Hall–Kier alpha value is -1.39. The van der Waals surface area contributed by atoms with Gasteiger partial charge >= 0.3 is 12.1 Å². The van der Waals surface area contributed by atoms with E-state index in [-0.39, 0.29) is 5.56 Å². The summed E-state index contributed by atoms with van der Waals surface area (Å²) in [5.41, 5.74) is 0.604. The van der Waals surface area contributed by atoms with Gasteiger partial charge in [-0.1, -0.05) is 36.9 Å². The third kappa shape index (κ3) is 2.81. The van der Waals surface area contributed by atoms with E-state index in [1.54, 1.807) is 0 Å². The zero-order valence-corrected chi connectivity index (χ0v) is 8.19. The number of benzene rings is 1. The van der Waals surface area contributed by atoms with Crippen LogP contribution in [-0.4, -0.2) is 12.1 Å². The number of hydrogen-bond donors (Lipinski definition) is 0. The molecule has 0 saturated heterocycles. The minimum absolute atomic E-state index is 0.0621. The molecule has 0 unspecified atom stereocenters. The van der Waals surface area contributed by atoms with Gasteiger partial charge < -0.3 is 0 Å². The van der Waals surface area contributed by atoms with E-state index in [4.69, 9.17) is 0 Å². The lowest BCUT2D eigenvalue weighted by molar-refractivity contribution is -0.281. The fraction of sp³-hybridized carbons (Fsp3) is 0.273. The quantitative estimate of drug-likeness (QED) is 0.694. The number of rotatable bonds is 3. The highest BCUT2D eigenvalue weighted by Gasteiger charge is 2.56. The van der Waals surface area contributed by atoms with Crippen molar-refractivity contribution in [2.75, 3.05) is 0 Å². The van der Waals surface area contributed by atoms with Crippen molar-refractivity contribution in [2.45, 2.75) is 18.5 Å². The fourth-order valence-corrected chi connectivity index (χ4v) is 1.13. The molecule has 0 saturated carbocycles. The van der Waals surface area contributed by atoms with Gasteiger partial charge in [0.1, 0.15) is 0 Å². The van der Waals surface area contributed by atoms with Crippen molar-refractivity contribution < 1.29 is 22.0 Å². The van der Waals surface area contributed by atoms with Crippen LogP contribution in [0.3, 0.4) is 0 Å². The van der Waals surface area contributed by atoms with Gasteiger partial charge in [-0.15, -0.1) is 0 Å². The van der Waals surface area contributed by atoms with Crippen LogP contribution in [0.1, 0.15) is 11.1 Å². The lowest BCUT2D eigenvalue weighted by Gasteiger charge is -2.19. The van der Waals surface area contributed by atoms with Crippen LogP contribution in [0.5, 0.6) is 0 Å². The van der Waals surface area contributed by atoms with Crippen molar-refractivity contribution in [2.24, 2.45) is 0 Å². The highest BCUT2D eigenvalue weighted by Crippen LogP contribution is 2.37. The SMILES string of the molecule is C=Cc1ccc(CC(F)(F)C(F)(F)F)cc1. The van der Waals surface area contributed by atoms with Crippen LogP contribution in [0, 0.1) is 0 Å². The van der Waals surface area contributed by atoms with E-state index < -0.39 is 18.5 Å². The monoisotopic (exact) mass is 236 g/mol. The first-order valence-corrected chi connectivity index (χ1v) is 4.42. The summed E-state index contributed by atoms with van der Waals surface area (Å²) in [6.07, 6.45) is -5.37. The van der Waals surface area contributed by atoms with Crippen LogP contribution in [0.15, 0.2) is 30.8 Å². The van der Waals surface area contributed by atoms with Gasteiger partial charge in [-0.25, -0.2) is 0 Å². The molecule has 0 nitrogen and oxygen atoms in total. The predicted octanol–water partition coefficient (Wildman–Crippen LogP) is 4.07. The van der Waals surface area contributed by atoms with Gasteiger partial charge in [0, 0.05) is 6.42 Å². The lowest BCUT2D eigenvalue weighted by Crippen LogP contribution is -2.38. The van der Waals surface area contributed by atoms with E-state index in [2.05, 4.69) is 6.58 Å². The van der Waals surface area contributed by atoms with Gasteiger partial charge in [-0.2, -0.15) is 22.0 Å². The van der Waals surface area contributed by atoms with Crippen molar-refractivity contribution in [1.29, 1.82) is 0 Å². The Balaban J connectivity index is 2.84. The molecule has 0 fully saturated rings. The van der Waals surface area contributed by atoms with Crippen LogP contribution in [0.4, 0.5) is 22.0 Å². The Bertz CT molecular complexity index is 361. The van der Waals surface area contributed by atoms with Crippen LogP contribution >= 0.6 is 0 Å². The molecular formula is C11H9F5. The maximum atomic E-state index is 12.7. The maximum absolute atomic E-state index is 12.7. The summed E-state index contributed by atoms with van der Waals surface area (Å²) in [5.74, 6) is -4.69. The lowest BCUT2D eigenvalue weighted by atomic mass is 10.0. The summed E-state index contributed by atoms with van der Waals surface area (Å²) in [5, 5.41) is 0. The summed E-state index contributed by atoms with van der Waals surface area (Å²) in [7, 11) is 0. The molecule has 1 rings (SSSR count). The summed E-state index contributed by atoms with van der Waals surface area (Å²) in [6.45, 7) is 3.45. The van der Waals surface area contributed by atoms with Gasteiger partial charge in [0.2, 0.25) is 0 Å². The molecule has 0 heterocycles. The molecule has 0 amide bonds. The smallest absolute Gasteiger partial charge is 0.196 e. The Morgan fingerprint density at radius 1 is 1.00 bits per heavy atom. The van der Waals surface area contributed by atoms with Crippen molar-refractivity contribution in [3.05, 3.63) is 42.0 Å². The van der Waals surface area contributed by atoms with Crippen LogP contribution in [-0.2, 0) is 6.42 Å². The molecule has 1 aromatic carbocycles. The van der Waals surface area contributed by atoms with Gasteiger partial charge in [-0.05, 0) is 11.1 Å². The van der Waals surface area contributed by atoms with Crippen LogP contribution in [0.2, 0.25) is 0 Å². The fourth-order valence-electron chi connectivity index (χ4n) is 1.13. The van der Waals surface area contributed by atoms with Gasteiger partial charge in [-0.3, -0.25) is 0 Å². The molecule has 0 aliphatic carbocycles. The molecule has 0 spiro atoms. The molecule has 0 N–H and O–H groups in total. The summed E-state index contributed by atoms with van der Waals surface area (Å²) < 4.78 is 61.0. The first kappa shape index (κ1) is 12.7. The van der Waals surface area contributed by atoms with E-state index >= 15 is 0 Å². The molecule has 0 atom stereocenters. The van der Waals surface area contributed by atoms with Gasteiger partial charge in [0.25, 0.3) is 0 Å². The van der Waals surface area contributed by atoms with Crippen LogP contribution in [0.25, 0.3) is 6.08 Å². The first-order chi connectivity index (χ1) is 7.26. The average Bonchev–Trinajstić information content (AvgIpc) is 2.16. The number of halogens is 5. The molecule has 0 aromatic heterocycles. The van der Waals surface area contributed by atoms with Crippen molar-refractivity contribution in [1.82, 2.24) is 0 Å². The minimum Gasteiger partial charge on any atom is -0.196 e. The maximum Gasteiger partial charge on any atom is 0.453 e. The Kier molecular flexibility index (Phi) is 3.35. The highest BCUT2D eigenvalue weighted by molar-refractivity contribution is 5.47. The average molecular weight is 236 g/mol. The molecule has 0 aliphatic heterocycles. The standard InChI is InChI=1S/C11H9F5/c1-2-8-3-5-9(6-4-8)7-10(12,13)11(14,15)16/h2-6H,1,7H2. The Morgan fingerprint density at radius 3 is 1.88 bits per heavy atom. The molecule has 16 heavy (non-hydrogen) atoms. The van der Waals surface area contributed by atoms with E-state index in [0.29, 0.717) is 5.56 Å².